The molecule has 1 aliphatic carbocycles. The van der Waals surface area contributed by atoms with E-state index in [0.29, 0.717) is 5.88 Å². The monoisotopic (exact) mass is 229 g/mol. The minimum atomic E-state index is 0.00694. The van der Waals surface area contributed by atoms with Gasteiger partial charge in [0.05, 0.1) is 17.7 Å². The topological polar surface area (TPSA) is 39.9 Å². The van der Waals surface area contributed by atoms with Gasteiger partial charge in [0.15, 0.2) is 0 Å². The number of ether oxygens (including phenoxy) is 1. The molecule has 2 rings (SSSR count). The van der Waals surface area contributed by atoms with Gasteiger partial charge in [0.2, 0.25) is 0 Å². The molecule has 0 aromatic carbocycles. The van der Waals surface area contributed by atoms with Gasteiger partial charge < -0.3 is 4.74 Å². The summed E-state index contributed by atoms with van der Waals surface area (Å²) in [6, 6.07) is 0. The molecular formula is C10H16ClN3O. The van der Waals surface area contributed by atoms with E-state index >= 15 is 0 Å². The second-order valence-electron chi connectivity index (χ2n) is 4.06. The SMILES string of the molecule is COC(C)c1c(CCl)nnn1CC1CC1. The molecule has 0 spiro atoms. The van der Waals surface area contributed by atoms with Gasteiger partial charge in [-0.1, -0.05) is 5.21 Å². The minimum Gasteiger partial charge on any atom is -0.375 e. The van der Waals surface area contributed by atoms with Crippen molar-refractivity contribution in [3.05, 3.63) is 11.4 Å². The summed E-state index contributed by atoms with van der Waals surface area (Å²) in [6.07, 6.45) is 2.61. The van der Waals surface area contributed by atoms with Crippen LogP contribution in [0, 0.1) is 5.92 Å². The molecule has 4 nitrogen and oxygen atoms in total. The first-order valence-corrected chi connectivity index (χ1v) is 5.80. The van der Waals surface area contributed by atoms with Crippen molar-refractivity contribution in [2.24, 2.45) is 5.92 Å². The van der Waals surface area contributed by atoms with Crippen LogP contribution in [0.5, 0.6) is 0 Å². The standard InChI is InChI=1S/C10H16ClN3O/c1-7(15-2)10-9(5-11)12-13-14(10)6-8-3-4-8/h7-8H,3-6H2,1-2H3. The molecule has 84 valence electrons. The zero-order chi connectivity index (χ0) is 10.8. The average Bonchev–Trinajstić information content (AvgIpc) is 2.96. The van der Waals surface area contributed by atoms with E-state index in [2.05, 4.69) is 10.3 Å². The van der Waals surface area contributed by atoms with Gasteiger partial charge in [0.1, 0.15) is 5.69 Å². The second kappa shape index (κ2) is 4.49. The predicted molar refractivity (Wildman–Crippen MR) is 57.7 cm³/mol. The van der Waals surface area contributed by atoms with Gasteiger partial charge in [-0.15, -0.1) is 16.7 Å². The van der Waals surface area contributed by atoms with Crippen molar-refractivity contribution in [3.63, 3.8) is 0 Å². The fourth-order valence-corrected chi connectivity index (χ4v) is 1.88. The first-order chi connectivity index (χ1) is 7.26. The number of hydrogen-bond acceptors (Lipinski definition) is 3. The number of methoxy groups -OCH3 is 1. The van der Waals surface area contributed by atoms with Gasteiger partial charge in [0, 0.05) is 13.7 Å². The van der Waals surface area contributed by atoms with Crippen molar-refractivity contribution >= 4 is 11.6 Å². The number of halogens is 1. The van der Waals surface area contributed by atoms with E-state index in [1.54, 1.807) is 7.11 Å². The highest BCUT2D eigenvalue weighted by Crippen LogP contribution is 2.32. The zero-order valence-corrected chi connectivity index (χ0v) is 9.87. The molecule has 0 amide bonds. The molecule has 0 radical (unpaired) electrons. The number of aromatic nitrogens is 3. The van der Waals surface area contributed by atoms with Crippen LogP contribution in [0.25, 0.3) is 0 Å². The molecule has 1 atom stereocenters. The molecule has 1 aromatic rings. The first kappa shape index (κ1) is 10.9. The van der Waals surface area contributed by atoms with Crippen molar-refractivity contribution in [2.45, 2.75) is 38.3 Å². The fraction of sp³-hybridized carbons (Fsp3) is 0.800. The van der Waals surface area contributed by atoms with Crippen LogP contribution in [-0.4, -0.2) is 22.1 Å². The van der Waals surface area contributed by atoms with Crippen LogP contribution < -0.4 is 0 Å². The number of rotatable bonds is 5. The fourth-order valence-electron chi connectivity index (χ4n) is 1.69. The van der Waals surface area contributed by atoms with Crippen molar-refractivity contribution in [2.75, 3.05) is 7.11 Å². The molecule has 0 saturated heterocycles. The number of nitrogens with zero attached hydrogens (tertiary/aromatic N) is 3. The Morgan fingerprint density at radius 2 is 2.33 bits per heavy atom. The molecule has 1 heterocycles. The quantitative estimate of drug-likeness (QED) is 0.727. The van der Waals surface area contributed by atoms with Crippen LogP contribution >= 0.6 is 11.6 Å². The summed E-state index contributed by atoms with van der Waals surface area (Å²) in [5.41, 5.74) is 1.87. The van der Waals surface area contributed by atoms with E-state index in [1.807, 2.05) is 11.6 Å². The summed E-state index contributed by atoms with van der Waals surface area (Å²) in [5, 5.41) is 8.22. The minimum absolute atomic E-state index is 0.00694. The Morgan fingerprint density at radius 1 is 1.60 bits per heavy atom. The van der Waals surface area contributed by atoms with Crippen molar-refractivity contribution in [3.8, 4) is 0 Å². The molecule has 5 heteroatoms. The third-order valence-electron chi connectivity index (χ3n) is 2.84. The normalized spacial score (nSPS) is 18.1. The molecule has 1 fully saturated rings. The van der Waals surface area contributed by atoms with Gasteiger partial charge in [-0.25, -0.2) is 4.68 Å². The highest BCUT2D eigenvalue weighted by molar-refractivity contribution is 6.16. The Bertz CT molecular complexity index is 335. The largest absolute Gasteiger partial charge is 0.375 e. The summed E-state index contributed by atoms with van der Waals surface area (Å²) in [7, 11) is 1.69. The molecule has 1 aliphatic rings. The van der Waals surface area contributed by atoms with Crippen LogP contribution in [0.15, 0.2) is 0 Å². The van der Waals surface area contributed by atoms with Crippen molar-refractivity contribution in [1.29, 1.82) is 0 Å². The molecule has 0 N–H and O–H groups in total. The van der Waals surface area contributed by atoms with Crippen LogP contribution in [0.4, 0.5) is 0 Å². The van der Waals surface area contributed by atoms with Crippen molar-refractivity contribution < 1.29 is 4.74 Å². The van der Waals surface area contributed by atoms with Gasteiger partial charge >= 0.3 is 0 Å². The van der Waals surface area contributed by atoms with Gasteiger partial charge in [-0.2, -0.15) is 0 Å². The van der Waals surface area contributed by atoms with Crippen molar-refractivity contribution in [1.82, 2.24) is 15.0 Å². The lowest BCUT2D eigenvalue weighted by atomic mass is 10.2. The maximum absolute atomic E-state index is 5.83. The highest BCUT2D eigenvalue weighted by Gasteiger charge is 2.26. The smallest absolute Gasteiger partial charge is 0.103 e. The summed E-state index contributed by atoms with van der Waals surface area (Å²) in [4.78, 5) is 0. The summed E-state index contributed by atoms with van der Waals surface area (Å²) in [6.45, 7) is 2.95. The first-order valence-electron chi connectivity index (χ1n) is 5.27. The molecule has 0 aliphatic heterocycles. The van der Waals surface area contributed by atoms with Gasteiger partial charge in [0.25, 0.3) is 0 Å². The average molecular weight is 230 g/mol. The predicted octanol–water partition coefficient (Wildman–Crippen LogP) is 2.13. The lowest BCUT2D eigenvalue weighted by molar-refractivity contribution is 0.110. The van der Waals surface area contributed by atoms with E-state index in [1.165, 1.54) is 12.8 Å². The van der Waals surface area contributed by atoms with E-state index in [9.17, 15) is 0 Å². The summed E-state index contributed by atoms with van der Waals surface area (Å²) in [5.74, 6) is 1.17. The van der Waals surface area contributed by atoms with Crippen LogP contribution in [-0.2, 0) is 17.2 Å². The Balaban J connectivity index is 2.22. The Kier molecular flexibility index (Phi) is 3.26. The van der Waals surface area contributed by atoms with Crippen LogP contribution in [0.2, 0.25) is 0 Å². The Hall–Kier alpha value is -0.610. The molecule has 15 heavy (non-hydrogen) atoms. The third-order valence-corrected chi connectivity index (χ3v) is 3.09. The Morgan fingerprint density at radius 3 is 2.87 bits per heavy atom. The zero-order valence-electron chi connectivity index (χ0n) is 9.11. The molecule has 1 aromatic heterocycles. The Labute approximate surface area is 94.6 Å². The second-order valence-corrected chi connectivity index (χ2v) is 4.33. The third kappa shape index (κ3) is 2.32. The maximum Gasteiger partial charge on any atom is 0.103 e. The maximum atomic E-state index is 5.83. The van der Waals surface area contributed by atoms with Gasteiger partial charge in [-0.3, -0.25) is 0 Å². The van der Waals surface area contributed by atoms with Gasteiger partial charge in [-0.05, 0) is 25.7 Å². The molecule has 0 bridgehead atoms. The highest BCUT2D eigenvalue weighted by atomic mass is 35.5. The number of hydrogen-bond donors (Lipinski definition) is 0. The van der Waals surface area contributed by atoms with E-state index < -0.39 is 0 Å². The lowest BCUT2D eigenvalue weighted by Crippen LogP contribution is -2.11. The van der Waals surface area contributed by atoms with E-state index in [0.717, 1.165) is 23.9 Å². The summed E-state index contributed by atoms with van der Waals surface area (Å²) >= 11 is 5.83. The van der Waals surface area contributed by atoms with Crippen LogP contribution in [0.1, 0.15) is 37.3 Å². The number of alkyl halides is 1. The van der Waals surface area contributed by atoms with E-state index in [4.69, 9.17) is 16.3 Å². The summed E-state index contributed by atoms with van der Waals surface area (Å²) < 4.78 is 7.27. The molecule has 1 unspecified atom stereocenters. The van der Waals surface area contributed by atoms with E-state index in [-0.39, 0.29) is 6.10 Å². The molecular weight excluding hydrogens is 214 g/mol. The van der Waals surface area contributed by atoms with Crippen LogP contribution in [0.3, 0.4) is 0 Å². The lowest BCUT2D eigenvalue weighted by Gasteiger charge is -2.12. The molecule has 1 saturated carbocycles.